The van der Waals surface area contributed by atoms with Crippen molar-refractivity contribution in [3.63, 3.8) is 0 Å². The Labute approximate surface area is 107 Å². The van der Waals surface area contributed by atoms with E-state index in [1.807, 2.05) is 24.3 Å². The van der Waals surface area contributed by atoms with Gasteiger partial charge < -0.3 is 19.9 Å². The number of nitrogens with one attached hydrogen (secondary N) is 2. The maximum atomic E-state index is 5.04. The molecule has 0 aliphatic rings. The number of methoxy groups -OCH3 is 1. The maximum Gasteiger partial charge on any atom is 0.201 e. The van der Waals surface area contributed by atoms with Gasteiger partial charge in [0.25, 0.3) is 0 Å². The average molecular weight is 248 g/mol. The lowest BCUT2D eigenvalue weighted by Gasteiger charge is -2.15. The molecule has 0 unspecified atom stereocenters. The highest BCUT2D eigenvalue weighted by Crippen LogP contribution is 2.12. The molecule has 2 N–H and O–H groups in total. The monoisotopic (exact) mass is 248 g/mol. The summed E-state index contributed by atoms with van der Waals surface area (Å²) >= 11 is 0. The number of fused-ring (bicyclic) bond motifs is 1. The lowest BCUT2D eigenvalue weighted by molar-refractivity contribution is 0.163. The molecule has 0 saturated heterocycles. The lowest BCUT2D eigenvalue weighted by Crippen LogP contribution is -2.28. The number of imidazole rings is 1. The Morgan fingerprint density at radius 3 is 2.94 bits per heavy atom. The molecule has 2 aromatic rings. The molecule has 0 spiro atoms. The van der Waals surface area contributed by atoms with Crippen molar-refractivity contribution in [3.8, 4) is 0 Å². The van der Waals surface area contributed by atoms with E-state index in [0.717, 1.165) is 43.2 Å². The van der Waals surface area contributed by atoms with E-state index in [0.29, 0.717) is 0 Å². The Hall–Kier alpha value is -1.59. The summed E-state index contributed by atoms with van der Waals surface area (Å²) in [6.07, 6.45) is 0. The summed E-state index contributed by atoms with van der Waals surface area (Å²) in [6, 6.07) is 8.02. The first-order valence-corrected chi connectivity index (χ1v) is 6.15. The van der Waals surface area contributed by atoms with Crippen molar-refractivity contribution in [2.45, 2.75) is 0 Å². The van der Waals surface area contributed by atoms with E-state index in [1.165, 1.54) is 0 Å². The number of H-pyrrole nitrogens is 1. The van der Waals surface area contributed by atoms with Gasteiger partial charge in [0.2, 0.25) is 5.95 Å². The zero-order chi connectivity index (χ0) is 12.8. The summed E-state index contributed by atoms with van der Waals surface area (Å²) in [5, 5.41) is 3.29. The van der Waals surface area contributed by atoms with Gasteiger partial charge in [-0.25, -0.2) is 4.98 Å². The second-order valence-electron chi connectivity index (χ2n) is 4.33. The second kappa shape index (κ2) is 6.37. The molecule has 0 saturated carbocycles. The third kappa shape index (κ3) is 3.45. The number of hydrogen-bond donors (Lipinski definition) is 2. The highest BCUT2D eigenvalue weighted by Gasteiger charge is 2.01. The van der Waals surface area contributed by atoms with Crippen molar-refractivity contribution in [2.75, 3.05) is 45.7 Å². The molecule has 0 amide bonds. The van der Waals surface area contributed by atoms with E-state index in [4.69, 9.17) is 4.74 Å². The average Bonchev–Trinajstić information content (AvgIpc) is 2.79. The molecular formula is C13H20N4O. The summed E-state index contributed by atoms with van der Waals surface area (Å²) in [6.45, 7) is 3.53. The van der Waals surface area contributed by atoms with Gasteiger partial charge in [-0.3, -0.25) is 0 Å². The van der Waals surface area contributed by atoms with Crippen LogP contribution >= 0.6 is 0 Å². The minimum atomic E-state index is 0.765. The standard InChI is InChI=1S/C13H20N4O/c1-17(9-10-18-2)8-7-14-13-15-11-5-3-4-6-12(11)16-13/h3-6H,7-10H2,1-2H3,(H2,14,15,16). The van der Waals surface area contributed by atoms with Crippen LogP contribution in [0.1, 0.15) is 0 Å². The summed E-state index contributed by atoms with van der Waals surface area (Å²) in [5.41, 5.74) is 2.06. The SMILES string of the molecule is COCCN(C)CCNc1nc2ccccc2[nH]1. The van der Waals surface area contributed by atoms with E-state index in [1.54, 1.807) is 7.11 Å². The van der Waals surface area contributed by atoms with Crippen molar-refractivity contribution in [2.24, 2.45) is 0 Å². The fraction of sp³-hybridized carbons (Fsp3) is 0.462. The Balaban J connectivity index is 1.79. The lowest BCUT2D eigenvalue weighted by atomic mass is 10.3. The molecule has 1 aromatic heterocycles. The minimum absolute atomic E-state index is 0.765. The Kier molecular flexibility index (Phi) is 4.55. The van der Waals surface area contributed by atoms with Gasteiger partial charge in [0.05, 0.1) is 17.6 Å². The van der Waals surface area contributed by atoms with E-state index >= 15 is 0 Å². The van der Waals surface area contributed by atoms with Gasteiger partial charge >= 0.3 is 0 Å². The molecule has 0 bridgehead atoms. The van der Waals surface area contributed by atoms with Crippen molar-refractivity contribution in [1.82, 2.24) is 14.9 Å². The third-order valence-corrected chi connectivity index (χ3v) is 2.85. The van der Waals surface area contributed by atoms with Crippen molar-refractivity contribution in [1.29, 1.82) is 0 Å². The first kappa shape index (κ1) is 12.9. The van der Waals surface area contributed by atoms with Crippen LogP contribution in [0.15, 0.2) is 24.3 Å². The van der Waals surface area contributed by atoms with E-state index in [-0.39, 0.29) is 0 Å². The summed E-state index contributed by atoms with van der Waals surface area (Å²) in [5.74, 6) is 0.830. The van der Waals surface area contributed by atoms with Crippen molar-refractivity contribution < 1.29 is 4.74 Å². The number of aromatic nitrogens is 2. The largest absolute Gasteiger partial charge is 0.383 e. The van der Waals surface area contributed by atoms with Gasteiger partial charge in [0.1, 0.15) is 0 Å². The van der Waals surface area contributed by atoms with Crippen LogP contribution in [0.5, 0.6) is 0 Å². The van der Waals surface area contributed by atoms with Crippen molar-refractivity contribution in [3.05, 3.63) is 24.3 Å². The number of benzene rings is 1. The number of hydrogen-bond acceptors (Lipinski definition) is 4. The fourth-order valence-electron chi connectivity index (χ4n) is 1.76. The number of anilines is 1. The van der Waals surface area contributed by atoms with Gasteiger partial charge in [-0.15, -0.1) is 0 Å². The molecule has 0 atom stereocenters. The zero-order valence-corrected chi connectivity index (χ0v) is 10.9. The molecule has 5 nitrogen and oxygen atoms in total. The Morgan fingerprint density at radius 2 is 2.17 bits per heavy atom. The molecule has 1 heterocycles. The molecule has 0 aliphatic heterocycles. The molecule has 98 valence electrons. The van der Waals surface area contributed by atoms with E-state index in [2.05, 4.69) is 27.2 Å². The number of rotatable bonds is 7. The van der Waals surface area contributed by atoms with Crippen LogP contribution in [0.25, 0.3) is 11.0 Å². The maximum absolute atomic E-state index is 5.04. The predicted octanol–water partition coefficient (Wildman–Crippen LogP) is 1.55. The van der Waals surface area contributed by atoms with Crippen LogP contribution < -0.4 is 5.32 Å². The fourth-order valence-corrected chi connectivity index (χ4v) is 1.76. The van der Waals surface area contributed by atoms with Gasteiger partial charge in [-0.1, -0.05) is 12.1 Å². The van der Waals surface area contributed by atoms with Crippen LogP contribution in [-0.2, 0) is 4.74 Å². The summed E-state index contributed by atoms with van der Waals surface area (Å²) in [7, 11) is 3.81. The van der Waals surface area contributed by atoms with E-state index in [9.17, 15) is 0 Å². The van der Waals surface area contributed by atoms with E-state index < -0.39 is 0 Å². The number of aromatic amines is 1. The van der Waals surface area contributed by atoms with Gasteiger partial charge in [0, 0.05) is 26.7 Å². The summed E-state index contributed by atoms with van der Waals surface area (Å²) in [4.78, 5) is 9.93. The second-order valence-corrected chi connectivity index (χ2v) is 4.33. The highest BCUT2D eigenvalue weighted by molar-refractivity contribution is 5.77. The topological polar surface area (TPSA) is 53.2 Å². The first-order valence-electron chi connectivity index (χ1n) is 6.15. The first-order chi connectivity index (χ1) is 8.79. The van der Waals surface area contributed by atoms with Crippen molar-refractivity contribution >= 4 is 17.0 Å². The van der Waals surface area contributed by atoms with Gasteiger partial charge in [-0.2, -0.15) is 0 Å². The quantitative estimate of drug-likeness (QED) is 0.780. The van der Waals surface area contributed by atoms with Gasteiger partial charge in [-0.05, 0) is 19.2 Å². The van der Waals surface area contributed by atoms with Crippen LogP contribution in [0.2, 0.25) is 0 Å². The van der Waals surface area contributed by atoms with Crippen LogP contribution in [0, 0.1) is 0 Å². The summed E-state index contributed by atoms with van der Waals surface area (Å²) < 4.78 is 5.04. The Morgan fingerprint density at radius 1 is 1.33 bits per heavy atom. The third-order valence-electron chi connectivity index (χ3n) is 2.85. The number of likely N-dealkylation sites (N-methyl/N-ethyl adjacent to an activating group) is 1. The normalized spacial score (nSPS) is 11.3. The molecule has 2 rings (SSSR count). The van der Waals surface area contributed by atoms with Gasteiger partial charge in [0.15, 0.2) is 0 Å². The molecule has 0 aliphatic carbocycles. The van der Waals surface area contributed by atoms with Crippen LogP contribution in [0.4, 0.5) is 5.95 Å². The molecule has 18 heavy (non-hydrogen) atoms. The predicted molar refractivity (Wildman–Crippen MR) is 74.0 cm³/mol. The number of ether oxygens (including phenoxy) is 1. The number of nitrogens with zero attached hydrogens (tertiary/aromatic N) is 2. The number of para-hydroxylation sites is 2. The minimum Gasteiger partial charge on any atom is -0.383 e. The smallest absolute Gasteiger partial charge is 0.201 e. The molecule has 0 radical (unpaired) electrons. The zero-order valence-electron chi connectivity index (χ0n) is 10.9. The Bertz CT molecular complexity index is 450. The van der Waals surface area contributed by atoms with Crippen LogP contribution in [-0.4, -0.2) is 55.3 Å². The van der Waals surface area contributed by atoms with Crippen LogP contribution in [0.3, 0.4) is 0 Å². The molecule has 0 fully saturated rings. The molecule has 5 heteroatoms. The molecule has 1 aromatic carbocycles. The highest BCUT2D eigenvalue weighted by atomic mass is 16.5. The molecular weight excluding hydrogens is 228 g/mol.